The zero-order valence-electron chi connectivity index (χ0n) is 13.1. The molecule has 1 aliphatic rings. The van der Waals surface area contributed by atoms with Crippen molar-refractivity contribution in [3.05, 3.63) is 63.9 Å². The number of pyridine rings is 1. The van der Waals surface area contributed by atoms with Crippen molar-refractivity contribution in [3.63, 3.8) is 0 Å². The molecular formula is C17H16FNO4. The Balaban J connectivity index is 2.12. The third kappa shape index (κ3) is 2.77. The second kappa shape index (κ2) is 5.31. The molecule has 1 aliphatic heterocycles. The third-order valence-corrected chi connectivity index (χ3v) is 3.77. The van der Waals surface area contributed by atoms with Crippen LogP contribution in [0.3, 0.4) is 0 Å². The molecule has 2 aromatic rings. The fraction of sp³-hybridized carbons (Fsp3) is 0.294. The number of benzene rings is 1. The van der Waals surface area contributed by atoms with Gasteiger partial charge in [-0.25, -0.2) is 4.39 Å². The molecule has 0 radical (unpaired) electrons. The molecule has 0 bridgehead atoms. The summed E-state index contributed by atoms with van der Waals surface area (Å²) in [5, 5.41) is 12.1. The summed E-state index contributed by atoms with van der Waals surface area (Å²) in [4.78, 5) is 12.7. The molecule has 3 rings (SSSR count). The molecule has 0 fully saturated rings. The highest BCUT2D eigenvalue weighted by Gasteiger charge is 2.35. The number of ether oxygens (including phenoxy) is 2. The minimum atomic E-state index is -0.873. The van der Waals surface area contributed by atoms with Gasteiger partial charge in [-0.1, -0.05) is 0 Å². The number of halogens is 1. The first-order chi connectivity index (χ1) is 10.8. The van der Waals surface area contributed by atoms with Gasteiger partial charge in [0.1, 0.15) is 5.82 Å². The molecule has 2 heterocycles. The Morgan fingerprint density at radius 1 is 1.30 bits per heavy atom. The molecule has 1 aromatic heterocycles. The number of nitrogens with zero attached hydrogens (tertiary/aromatic N) is 1. The van der Waals surface area contributed by atoms with Gasteiger partial charge < -0.3 is 14.7 Å². The van der Waals surface area contributed by atoms with Gasteiger partial charge >= 0.3 is 0 Å². The summed E-state index contributed by atoms with van der Waals surface area (Å²) in [6, 6.07) is 5.17. The summed E-state index contributed by atoms with van der Waals surface area (Å²) in [5.74, 6) is -1.32. The van der Waals surface area contributed by atoms with E-state index in [9.17, 15) is 14.4 Å². The Hall–Kier alpha value is -2.47. The lowest BCUT2D eigenvalue weighted by atomic mass is 9.98. The topological polar surface area (TPSA) is 62.5 Å². The van der Waals surface area contributed by atoms with Crippen LogP contribution in [0.1, 0.15) is 41.0 Å². The number of hydrogen-bond acceptors (Lipinski definition) is 4. The average molecular weight is 317 g/mol. The summed E-state index contributed by atoms with van der Waals surface area (Å²) in [6.07, 6.45) is 1.21. The van der Waals surface area contributed by atoms with Crippen LogP contribution in [-0.4, -0.2) is 11.6 Å². The van der Waals surface area contributed by atoms with Gasteiger partial charge in [0, 0.05) is 31.9 Å². The first-order valence-electron chi connectivity index (χ1n) is 7.17. The van der Waals surface area contributed by atoms with Gasteiger partial charge in [-0.05, 0) is 24.3 Å². The molecule has 0 atom stereocenters. The summed E-state index contributed by atoms with van der Waals surface area (Å²) in [7, 11) is 0. The lowest BCUT2D eigenvalue weighted by molar-refractivity contribution is -0.613. The largest absolute Gasteiger partial charge is 0.618 e. The molecule has 0 saturated carbocycles. The van der Waals surface area contributed by atoms with E-state index in [-0.39, 0.29) is 18.0 Å². The van der Waals surface area contributed by atoms with Gasteiger partial charge in [-0.3, -0.25) is 4.79 Å². The molecule has 0 saturated heterocycles. The maximum atomic E-state index is 13.0. The molecule has 120 valence electrons. The highest BCUT2D eigenvalue weighted by atomic mass is 19.1. The number of carbonyl (C=O) groups is 1. The molecule has 6 heteroatoms. The SMILES string of the molecule is Cc1c2c(c(C(=O)c3ccc(F)cc3)c[n+]1[O-])COC(C)(C)O2. The van der Waals surface area contributed by atoms with Crippen molar-refractivity contribution in [2.45, 2.75) is 33.2 Å². The molecular weight excluding hydrogens is 301 g/mol. The zero-order valence-corrected chi connectivity index (χ0v) is 13.1. The van der Waals surface area contributed by atoms with Crippen molar-refractivity contribution in [1.29, 1.82) is 0 Å². The average Bonchev–Trinajstić information content (AvgIpc) is 2.50. The van der Waals surface area contributed by atoms with Crippen LogP contribution in [0, 0.1) is 17.9 Å². The van der Waals surface area contributed by atoms with Crippen LogP contribution in [-0.2, 0) is 11.3 Å². The standard InChI is InChI=1S/C17H16FNO4/c1-10-16-14(9-22-17(2,3)23-16)13(8-19(10)21)15(20)11-4-6-12(18)7-5-11/h4-8H,9H2,1-3H3. The van der Waals surface area contributed by atoms with E-state index in [2.05, 4.69) is 0 Å². The highest BCUT2D eigenvalue weighted by molar-refractivity contribution is 6.09. The molecule has 0 N–H and O–H groups in total. The van der Waals surface area contributed by atoms with Crippen LogP contribution in [0.2, 0.25) is 0 Å². The normalized spacial score (nSPS) is 15.7. The fourth-order valence-corrected chi connectivity index (χ4v) is 2.49. The highest BCUT2D eigenvalue weighted by Crippen LogP contribution is 2.35. The first-order valence-corrected chi connectivity index (χ1v) is 7.17. The van der Waals surface area contributed by atoms with E-state index < -0.39 is 11.6 Å². The maximum Gasteiger partial charge on any atom is 0.232 e. The number of aromatic nitrogens is 1. The van der Waals surface area contributed by atoms with E-state index in [0.29, 0.717) is 27.3 Å². The van der Waals surface area contributed by atoms with Crippen molar-refractivity contribution >= 4 is 5.78 Å². The fourth-order valence-electron chi connectivity index (χ4n) is 2.49. The number of ketones is 1. The number of rotatable bonds is 2. The monoisotopic (exact) mass is 317 g/mol. The third-order valence-electron chi connectivity index (χ3n) is 3.77. The van der Waals surface area contributed by atoms with Gasteiger partial charge in [0.15, 0.2) is 17.7 Å². The molecule has 1 aromatic carbocycles. The summed E-state index contributed by atoms with van der Waals surface area (Å²) < 4.78 is 24.9. The number of fused-ring (bicyclic) bond motifs is 1. The second-order valence-electron chi connectivity index (χ2n) is 5.89. The molecule has 0 unspecified atom stereocenters. The van der Waals surface area contributed by atoms with Crippen molar-refractivity contribution in [3.8, 4) is 5.75 Å². The Kier molecular flexibility index (Phi) is 3.56. The van der Waals surface area contributed by atoms with E-state index in [4.69, 9.17) is 9.47 Å². The Bertz CT molecular complexity index is 784. The van der Waals surface area contributed by atoms with Crippen molar-refractivity contribution < 1.29 is 23.4 Å². The maximum absolute atomic E-state index is 13.0. The van der Waals surface area contributed by atoms with E-state index in [1.807, 2.05) is 0 Å². The van der Waals surface area contributed by atoms with Crippen LogP contribution in [0.25, 0.3) is 0 Å². The van der Waals surface area contributed by atoms with Crippen molar-refractivity contribution in [2.24, 2.45) is 0 Å². The predicted octanol–water partition coefficient (Wildman–Crippen LogP) is 2.64. The van der Waals surface area contributed by atoms with E-state index in [0.717, 1.165) is 0 Å². The quantitative estimate of drug-likeness (QED) is 0.485. The second-order valence-corrected chi connectivity index (χ2v) is 5.89. The van der Waals surface area contributed by atoms with Crippen LogP contribution < -0.4 is 9.47 Å². The summed E-state index contributed by atoms with van der Waals surface area (Å²) >= 11 is 0. The molecule has 0 amide bonds. The van der Waals surface area contributed by atoms with Gasteiger partial charge in [-0.2, -0.15) is 4.73 Å². The number of carbonyl (C=O) groups excluding carboxylic acids is 1. The van der Waals surface area contributed by atoms with E-state index in [1.54, 1.807) is 20.8 Å². The smallest absolute Gasteiger partial charge is 0.232 e. The molecule has 0 aliphatic carbocycles. The minimum Gasteiger partial charge on any atom is -0.618 e. The van der Waals surface area contributed by atoms with E-state index in [1.165, 1.54) is 30.5 Å². The van der Waals surface area contributed by atoms with Crippen molar-refractivity contribution in [1.82, 2.24) is 0 Å². The Labute approximate surface area is 132 Å². The van der Waals surface area contributed by atoms with Gasteiger partial charge in [0.05, 0.1) is 12.2 Å². The minimum absolute atomic E-state index is 0.159. The summed E-state index contributed by atoms with van der Waals surface area (Å²) in [5.41, 5.74) is 1.39. The van der Waals surface area contributed by atoms with Crippen LogP contribution >= 0.6 is 0 Å². The Morgan fingerprint density at radius 2 is 1.96 bits per heavy atom. The molecule has 5 nitrogen and oxygen atoms in total. The zero-order chi connectivity index (χ0) is 16.8. The van der Waals surface area contributed by atoms with Crippen molar-refractivity contribution in [2.75, 3.05) is 0 Å². The van der Waals surface area contributed by atoms with Gasteiger partial charge in [0.2, 0.25) is 11.5 Å². The van der Waals surface area contributed by atoms with Crippen LogP contribution in [0.5, 0.6) is 5.75 Å². The first kappa shape index (κ1) is 15.4. The lowest BCUT2D eigenvalue weighted by Gasteiger charge is -2.33. The van der Waals surface area contributed by atoms with Crippen LogP contribution in [0.15, 0.2) is 30.5 Å². The van der Waals surface area contributed by atoms with Crippen LogP contribution in [0.4, 0.5) is 4.39 Å². The summed E-state index contributed by atoms with van der Waals surface area (Å²) in [6.45, 7) is 5.25. The number of hydrogen-bond donors (Lipinski definition) is 0. The van der Waals surface area contributed by atoms with Gasteiger partial charge in [0.25, 0.3) is 0 Å². The predicted molar refractivity (Wildman–Crippen MR) is 79.5 cm³/mol. The molecule has 23 heavy (non-hydrogen) atoms. The lowest BCUT2D eigenvalue weighted by Crippen LogP contribution is -2.41. The Morgan fingerprint density at radius 3 is 2.61 bits per heavy atom. The van der Waals surface area contributed by atoms with Gasteiger partial charge in [-0.15, -0.1) is 0 Å². The molecule has 0 spiro atoms. The van der Waals surface area contributed by atoms with E-state index >= 15 is 0 Å².